The van der Waals surface area contributed by atoms with E-state index in [0.717, 1.165) is 16.8 Å². The Morgan fingerprint density at radius 2 is 1.86 bits per heavy atom. The summed E-state index contributed by atoms with van der Waals surface area (Å²) in [5, 5.41) is 7.64. The van der Waals surface area contributed by atoms with Gasteiger partial charge in [0.2, 0.25) is 17.7 Å². The number of ether oxygens (including phenoxy) is 2. The van der Waals surface area contributed by atoms with Crippen LogP contribution in [0.4, 0.5) is 5.69 Å². The topological polar surface area (TPSA) is 102 Å². The average molecular weight is 504 g/mol. The van der Waals surface area contributed by atoms with Gasteiger partial charge < -0.3 is 19.3 Å². The molecule has 1 N–H and O–H groups in total. The van der Waals surface area contributed by atoms with Crippen LogP contribution in [0.5, 0.6) is 17.5 Å². The summed E-state index contributed by atoms with van der Waals surface area (Å²) in [5.41, 5.74) is 2.45. The molecule has 36 heavy (non-hydrogen) atoms. The summed E-state index contributed by atoms with van der Waals surface area (Å²) in [7, 11) is 1.55. The Hall–Kier alpha value is -4.37. The number of guanidine groups is 1. The number of halogens is 1. The van der Waals surface area contributed by atoms with Gasteiger partial charge in [0.05, 0.1) is 26.1 Å². The van der Waals surface area contributed by atoms with Crippen LogP contribution in [0.25, 0.3) is 0 Å². The molecule has 0 radical (unpaired) electrons. The summed E-state index contributed by atoms with van der Waals surface area (Å²) in [6.45, 7) is 0.620. The van der Waals surface area contributed by atoms with Gasteiger partial charge in [-0.2, -0.15) is 0 Å². The van der Waals surface area contributed by atoms with Crippen LogP contribution in [-0.2, 0) is 11.3 Å². The average Bonchev–Trinajstić information content (AvgIpc) is 3.42. The molecule has 9 nitrogen and oxygen atoms in total. The molecule has 0 aliphatic carbocycles. The molecule has 2 aromatic heterocycles. The van der Waals surface area contributed by atoms with Crippen molar-refractivity contribution in [2.75, 3.05) is 19.0 Å². The third-order valence-corrected chi connectivity index (χ3v) is 5.87. The molecule has 0 saturated heterocycles. The second-order valence-corrected chi connectivity index (χ2v) is 8.43. The lowest BCUT2D eigenvalue weighted by Crippen LogP contribution is -2.47. The van der Waals surface area contributed by atoms with E-state index in [2.05, 4.69) is 15.5 Å². The van der Waals surface area contributed by atoms with E-state index in [4.69, 9.17) is 30.6 Å². The molecule has 3 heterocycles. The second-order valence-electron chi connectivity index (χ2n) is 7.99. The maximum absolute atomic E-state index is 13.7. The molecule has 2 aromatic carbocycles. The Bertz CT molecular complexity index is 1340. The summed E-state index contributed by atoms with van der Waals surface area (Å²) in [5.74, 6) is 1.37. The Balaban J connectivity index is 1.38. The van der Waals surface area contributed by atoms with Gasteiger partial charge in [-0.1, -0.05) is 29.8 Å². The van der Waals surface area contributed by atoms with E-state index >= 15 is 0 Å². The predicted molar refractivity (Wildman–Crippen MR) is 134 cm³/mol. The van der Waals surface area contributed by atoms with Crippen molar-refractivity contribution in [1.82, 2.24) is 15.0 Å². The third-order valence-electron chi connectivity index (χ3n) is 5.62. The van der Waals surface area contributed by atoms with Gasteiger partial charge in [0.25, 0.3) is 5.88 Å². The molecule has 0 fully saturated rings. The lowest BCUT2D eigenvalue weighted by atomic mass is 9.98. The van der Waals surface area contributed by atoms with Crippen LogP contribution < -0.4 is 14.8 Å². The van der Waals surface area contributed by atoms with Crippen molar-refractivity contribution in [2.45, 2.75) is 12.5 Å². The number of aromatic nitrogens is 2. The van der Waals surface area contributed by atoms with Gasteiger partial charge in [-0.25, -0.2) is 4.98 Å². The fraction of sp³-hybridized carbons (Fsp3) is 0.154. The van der Waals surface area contributed by atoms with Gasteiger partial charge >= 0.3 is 0 Å². The van der Waals surface area contributed by atoms with E-state index in [1.54, 1.807) is 54.6 Å². The summed E-state index contributed by atoms with van der Waals surface area (Å²) in [4.78, 5) is 24.3. The number of amides is 1. The van der Waals surface area contributed by atoms with Gasteiger partial charge in [-0.15, -0.1) is 0 Å². The van der Waals surface area contributed by atoms with E-state index in [-0.39, 0.29) is 5.91 Å². The highest BCUT2D eigenvalue weighted by molar-refractivity contribution is 6.30. The smallest absolute Gasteiger partial charge is 0.259 e. The van der Waals surface area contributed by atoms with E-state index < -0.39 is 5.92 Å². The van der Waals surface area contributed by atoms with Crippen LogP contribution in [0.15, 0.2) is 88.7 Å². The molecule has 4 aromatic rings. The number of carbonyl (C=O) groups is 1. The number of nitrogens with one attached hydrogen (secondary N) is 1. The maximum Gasteiger partial charge on any atom is 0.259 e. The van der Waals surface area contributed by atoms with E-state index in [1.807, 2.05) is 30.3 Å². The third kappa shape index (κ3) is 5.31. The van der Waals surface area contributed by atoms with Crippen molar-refractivity contribution in [3.63, 3.8) is 0 Å². The first-order valence-electron chi connectivity index (χ1n) is 11.1. The quantitative estimate of drug-likeness (QED) is 0.373. The highest BCUT2D eigenvalue weighted by Gasteiger charge is 2.33. The molecule has 1 unspecified atom stereocenters. The minimum atomic E-state index is -0.459. The number of pyridine rings is 1. The first kappa shape index (κ1) is 23.4. The van der Waals surface area contributed by atoms with Gasteiger partial charge in [0, 0.05) is 29.0 Å². The van der Waals surface area contributed by atoms with Crippen molar-refractivity contribution in [1.29, 1.82) is 0 Å². The number of carbonyl (C=O) groups excluding carboxylic acids is 1. The molecule has 182 valence electrons. The van der Waals surface area contributed by atoms with Crippen molar-refractivity contribution in [2.24, 2.45) is 4.99 Å². The van der Waals surface area contributed by atoms with Crippen LogP contribution in [-0.4, -0.2) is 40.6 Å². The van der Waals surface area contributed by atoms with E-state index in [9.17, 15) is 4.79 Å². The van der Waals surface area contributed by atoms with Crippen molar-refractivity contribution >= 4 is 29.2 Å². The second kappa shape index (κ2) is 10.5. The Morgan fingerprint density at radius 1 is 1.06 bits per heavy atom. The number of aliphatic imine (C=N–C) groups is 1. The largest absolute Gasteiger partial charge is 0.481 e. The SMILES string of the molecule is COc1ccc(C2CN=C(Nc3ccc(Oc4ccon4)cc3)N(Cc3ccc(Cl)cc3)C2=O)cn1. The zero-order valence-electron chi connectivity index (χ0n) is 19.3. The standard InChI is InChI=1S/C26H22ClN5O4/c1-34-23-11-4-18(14-28-23)22-15-29-26(32(25(22)33)16-17-2-5-19(27)6-3-17)30-20-7-9-21(10-8-20)36-24-12-13-35-31-24/h2-14,22H,15-16H2,1H3,(H,29,30). The van der Waals surface area contributed by atoms with Crippen molar-refractivity contribution < 1.29 is 18.8 Å². The Labute approximate surface area is 212 Å². The minimum absolute atomic E-state index is 0.0830. The fourth-order valence-electron chi connectivity index (χ4n) is 3.74. The van der Waals surface area contributed by atoms with Gasteiger partial charge in [0.15, 0.2) is 0 Å². The zero-order chi connectivity index (χ0) is 24.9. The molecule has 10 heteroatoms. The molecular weight excluding hydrogens is 482 g/mol. The predicted octanol–water partition coefficient (Wildman–Crippen LogP) is 5.12. The van der Waals surface area contributed by atoms with Crippen LogP contribution >= 0.6 is 11.6 Å². The number of hydrogen-bond acceptors (Lipinski definition) is 8. The molecule has 0 saturated carbocycles. The molecule has 0 spiro atoms. The number of benzene rings is 2. The van der Waals surface area contributed by atoms with Crippen molar-refractivity contribution in [3.05, 3.63) is 95.3 Å². The number of methoxy groups -OCH3 is 1. The van der Waals surface area contributed by atoms with Crippen LogP contribution in [0, 0.1) is 0 Å². The molecule has 5 rings (SSSR count). The Morgan fingerprint density at radius 3 is 2.53 bits per heavy atom. The minimum Gasteiger partial charge on any atom is -0.481 e. The van der Waals surface area contributed by atoms with Crippen LogP contribution in [0.1, 0.15) is 17.0 Å². The first-order chi connectivity index (χ1) is 17.6. The number of hydrogen-bond donors (Lipinski definition) is 1. The first-order valence-corrected chi connectivity index (χ1v) is 11.5. The summed E-state index contributed by atoms with van der Waals surface area (Å²) in [6.07, 6.45) is 3.09. The zero-order valence-corrected chi connectivity index (χ0v) is 20.1. The molecular formula is C26H22ClN5O4. The van der Waals surface area contributed by atoms with E-state index in [0.29, 0.717) is 41.6 Å². The maximum atomic E-state index is 13.7. The van der Waals surface area contributed by atoms with Gasteiger partial charge in [0.1, 0.15) is 12.0 Å². The molecule has 1 aliphatic rings. The van der Waals surface area contributed by atoms with Crippen LogP contribution in [0.2, 0.25) is 5.02 Å². The molecule has 1 aliphatic heterocycles. The summed E-state index contributed by atoms with van der Waals surface area (Å²) < 4.78 is 15.5. The van der Waals surface area contributed by atoms with Gasteiger partial charge in [-0.05, 0) is 52.7 Å². The van der Waals surface area contributed by atoms with E-state index in [1.165, 1.54) is 6.26 Å². The number of nitrogens with zero attached hydrogens (tertiary/aromatic N) is 4. The molecule has 1 atom stereocenters. The highest BCUT2D eigenvalue weighted by atomic mass is 35.5. The molecule has 0 bridgehead atoms. The lowest BCUT2D eigenvalue weighted by Gasteiger charge is -2.32. The Kier molecular flexibility index (Phi) is 6.81. The summed E-state index contributed by atoms with van der Waals surface area (Å²) in [6, 6.07) is 19.8. The number of rotatable bonds is 7. The number of anilines is 1. The fourth-order valence-corrected chi connectivity index (χ4v) is 3.87. The van der Waals surface area contributed by atoms with Gasteiger partial charge in [-0.3, -0.25) is 14.7 Å². The monoisotopic (exact) mass is 503 g/mol. The summed E-state index contributed by atoms with van der Waals surface area (Å²) >= 11 is 6.05. The molecule has 1 amide bonds. The lowest BCUT2D eigenvalue weighted by molar-refractivity contribution is -0.129. The highest BCUT2D eigenvalue weighted by Crippen LogP contribution is 2.27. The van der Waals surface area contributed by atoms with Crippen molar-refractivity contribution in [3.8, 4) is 17.5 Å². The van der Waals surface area contributed by atoms with Crippen LogP contribution in [0.3, 0.4) is 0 Å². The normalized spacial score (nSPS) is 15.4.